The number of ether oxygens (including phenoxy) is 1. The summed E-state index contributed by atoms with van der Waals surface area (Å²) < 4.78 is 7.05. The largest absolute Gasteiger partial charge is 0.384 e. The highest BCUT2D eigenvalue weighted by Crippen LogP contribution is 2.22. The molecule has 14 heavy (non-hydrogen) atoms. The number of nitrogens with zero attached hydrogens (tertiary/aromatic N) is 2. The molecule has 2 rings (SSSR count). The fraction of sp³-hybridized carbons (Fsp3) is 0.667. The second kappa shape index (κ2) is 4.77. The van der Waals surface area contributed by atoms with Crippen LogP contribution in [0.3, 0.4) is 0 Å². The van der Waals surface area contributed by atoms with Crippen LogP contribution < -0.4 is 5.32 Å². The van der Waals surface area contributed by atoms with E-state index in [-0.39, 0.29) is 12.4 Å². The first-order valence-corrected chi connectivity index (χ1v) is 4.53. The summed E-state index contributed by atoms with van der Waals surface area (Å²) in [4.78, 5) is 0. The van der Waals surface area contributed by atoms with Gasteiger partial charge < -0.3 is 10.1 Å². The molecule has 1 aliphatic heterocycles. The second-order valence-electron chi connectivity index (χ2n) is 3.49. The van der Waals surface area contributed by atoms with E-state index in [4.69, 9.17) is 4.74 Å². The molecule has 1 N–H and O–H groups in total. The minimum Gasteiger partial charge on any atom is -0.384 e. The molecule has 1 atom stereocenters. The van der Waals surface area contributed by atoms with E-state index in [1.807, 2.05) is 11.7 Å². The van der Waals surface area contributed by atoms with Crippen LogP contribution in [0.25, 0.3) is 0 Å². The van der Waals surface area contributed by atoms with Crippen LogP contribution in [0.4, 0.5) is 0 Å². The van der Waals surface area contributed by atoms with Gasteiger partial charge in [0.2, 0.25) is 0 Å². The number of hydrogen-bond acceptors (Lipinski definition) is 3. The Kier molecular flexibility index (Phi) is 3.92. The fourth-order valence-electron chi connectivity index (χ4n) is 1.86. The summed E-state index contributed by atoms with van der Waals surface area (Å²) in [6.07, 6.45) is 2.10. The van der Waals surface area contributed by atoms with Gasteiger partial charge in [0.25, 0.3) is 0 Å². The Hall–Kier alpha value is -0.580. The van der Waals surface area contributed by atoms with Gasteiger partial charge in [-0.3, -0.25) is 4.68 Å². The van der Waals surface area contributed by atoms with Crippen molar-refractivity contribution in [2.75, 3.05) is 20.3 Å². The van der Waals surface area contributed by atoms with Gasteiger partial charge in [0.1, 0.15) is 0 Å². The highest BCUT2D eigenvalue weighted by molar-refractivity contribution is 5.85. The lowest BCUT2D eigenvalue weighted by Crippen LogP contribution is -2.29. The Labute approximate surface area is 90.0 Å². The summed E-state index contributed by atoms with van der Waals surface area (Å²) in [5.74, 6) is 0.461. The third-order valence-corrected chi connectivity index (χ3v) is 2.43. The molecule has 0 fully saturated rings. The minimum absolute atomic E-state index is 0. The van der Waals surface area contributed by atoms with Gasteiger partial charge >= 0.3 is 0 Å². The number of hydrogen-bond donors (Lipinski definition) is 1. The van der Waals surface area contributed by atoms with Crippen molar-refractivity contribution in [2.24, 2.45) is 7.05 Å². The molecule has 1 aliphatic rings. The van der Waals surface area contributed by atoms with E-state index < -0.39 is 0 Å². The van der Waals surface area contributed by atoms with Crippen LogP contribution in [0.15, 0.2) is 6.20 Å². The van der Waals surface area contributed by atoms with Crippen LogP contribution in [0.5, 0.6) is 0 Å². The van der Waals surface area contributed by atoms with Crippen molar-refractivity contribution in [3.05, 3.63) is 17.5 Å². The van der Waals surface area contributed by atoms with E-state index in [1.54, 1.807) is 7.11 Å². The lowest BCUT2D eigenvalue weighted by molar-refractivity contribution is 0.175. The van der Waals surface area contributed by atoms with Gasteiger partial charge in [-0.1, -0.05) is 0 Å². The highest BCUT2D eigenvalue weighted by atomic mass is 35.5. The number of aromatic nitrogens is 2. The summed E-state index contributed by atoms with van der Waals surface area (Å²) in [5, 5.41) is 7.72. The molecule has 0 saturated heterocycles. The molecule has 5 heteroatoms. The van der Waals surface area contributed by atoms with E-state index in [0.717, 1.165) is 25.4 Å². The van der Waals surface area contributed by atoms with Crippen molar-refractivity contribution in [3.63, 3.8) is 0 Å². The highest BCUT2D eigenvalue weighted by Gasteiger charge is 2.22. The maximum atomic E-state index is 5.17. The summed E-state index contributed by atoms with van der Waals surface area (Å²) in [6, 6.07) is 0. The molecular formula is C9H16ClN3O. The number of halogens is 1. The maximum absolute atomic E-state index is 5.17. The van der Waals surface area contributed by atoms with Crippen molar-refractivity contribution < 1.29 is 4.74 Å². The summed E-state index contributed by atoms with van der Waals surface area (Å²) >= 11 is 0. The van der Waals surface area contributed by atoms with Crippen LogP contribution >= 0.6 is 12.4 Å². The third kappa shape index (κ3) is 2.08. The smallest absolute Gasteiger partial charge is 0.0798 e. The average Bonchev–Trinajstić information content (AvgIpc) is 2.47. The molecule has 0 aromatic carbocycles. The number of fused-ring (bicyclic) bond motifs is 1. The minimum atomic E-state index is 0. The molecule has 1 aromatic heterocycles. The first kappa shape index (κ1) is 11.5. The maximum Gasteiger partial charge on any atom is 0.0798 e. The zero-order valence-electron chi connectivity index (χ0n) is 8.49. The first-order chi connectivity index (χ1) is 6.31. The molecule has 1 unspecified atom stereocenters. The zero-order chi connectivity index (χ0) is 9.26. The molecule has 0 bridgehead atoms. The van der Waals surface area contributed by atoms with E-state index in [0.29, 0.717) is 5.92 Å². The molecule has 4 nitrogen and oxygen atoms in total. The Morgan fingerprint density at radius 1 is 1.71 bits per heavy atom. The lowest BCUT2D eigenvalue weighted by Gasteiger charge is -2.21. The van der Waals surface area contributed by atoms with Crippen molar-refractivity contribution in [3.8, 4) is 0 Å². The Balaban J connectivity index is 0.000000980. The Bertz CT molecular complexity index is 300. The SMILES string of the molecule is COCC1CNCc2nn(C)cc21.Cl. The molecular weight excluding hydrogens is 202 g/mol. The molecule has 0 saturated carbocycles. The summed E-state index contributed by atoms with van der Waals surface area (Å²) in [5.41, 5.74) is 2.50. The van der Waals surface area contributed by atoms with Gasteiger partial charge in [0.05, 0.1) is 12.3 Å². The van der Waals surface area contributed by atoms with Crippen molar-refractivity contribution in [2.45, 2.75) is 12.5 Å². The van der Waals surface area contributed by atoms with Crippen LogP contribution in [-0.2, 0) is 18.3 Å². The normalized spacial score (nSPS) is 20.0. The number of methoxy groups -OCH3 is 1. The molecule has 80 valence electrons. The monoisotopic (exact) mass is 217 g/mol. The Morgan fingerprint density at radius 3 is 3.21 bits per heavy atom. The van der Waals surface area contributed by atoms with Crippen molar-refractivity contribution >= 4 is 12.4 Å². The van der Waals surface area contributed by atoms with Crippen LogP contribution in [0, 0.1) is 0 Å². The molecule has 1 aromatic rings. The van der Waals surface area contributed by atoms with E-state index in [9.17, 15) is 0 Å². The second-order valence-corrected chi connectivity index (χ2v) is 3.49. The van der Waals surface area contributed by atoms with E-state index in [1.165, 1.54) is 5.56 Å². The number of nitrogens with one attached hydrogen (secondary N) is 1. The molecule has 0 amide bonds. The van der Waals surface area contributed by atoms with E-state index >= 15 is 0 Å². The predicted molar refractivity (Wildman–Crippen MR) is 56.8 cm³/mol. The van der Waals surface area contributed by atoms with Gasteiger partial charge in [0.15, 0.2) is 0 Å². The molecule has 2 heterocycles. The lowest BCUT2D eigenvalue weighted by atomic mass is 9.97. The third-order valence-electron chi connectivity index (χ3n) is 2.43. The van der Waals surface area contributed by atoms with E-state index in [2.05, 4.69) is 16.6 Å². The van der Waals surface area contributed by atoms with Gasteiger partial charge in [-0.05, 0) is 0 Å². The fourth-order valence-corrected chi connectivity index (χ4v) is 1.86. The van der Waals surface area contributed by atoms with Gasteiger partial charge in [-0.15, -0.1) is 12.4 Å². The Morgan fingerprint density at radius 2 is 2.50 bits per heavy atom. The molecule has 0 spiro atoms. The standard InChI is InChI=1S/C9H15N3O.ClH/c1-12-5-8-7(6-13-2)3-10-4-9(8)11-12;/h5,7,10H,3-4,6H2,1-2H3;1H. The van der Waals surface area contributed by atoms with Crippen molar-refractivity contribution in [1.82, 2.24) is 15.1 Å². The number of aryl methyl sites for hydroxylation is 1. The summed E-state index contributed by atoms with van der Waals surface area (Å²) in [7, 11) is 3.70. The summed E-state index contributed by atoms with van der Waals surface area (Å²) in [6.45, 7) is 2.65. The van der Waals surface area contributed by atoms with Gasteiger partial charge in [0, 0.05) is 44.9 Å². The van der Waals surface area contributed by atoms with Crippen LogP contribution in [0.1, 0.15) is 17.2 Å². The quantitative estimate of drug-likeness (QED) is 0.792. The number of rotatable bonds is 2. The molecule has 0 aliphatic carbocycles. The van der Waals surface area contributed by atoms with Gasteiger partial charge in [-0.25, -0.2) is 0 Å². The first-order valence-electron chi connectivity index (χ1n) is 4.53. The average molecular weight is 218 g/mol. The molecule has 0 radical (unpaired) electrons. The predicted octanol–water partition coefficient (Wildman–Crippen LogP) is 0.675. The topological polar surface area (TPSA) is 39.1 Å². The van der Waals surface area contributed by atoms with Crippen molar-refractivity contribution in [1.29, 1.82) is 0 Å². The van der Waals surface area contributed by atoms with Gasteiger partial charge in [-0.2, -0.15) is 5.10 Å². The van der Waals surface area contributed by atoms with Crippen LogP contribution in [0.2, 0.25) is 0 Å². The zero-order valence-corrected chi connectivity index (χ0v) is 9.30. The van der Waals surface area contributed by atoms with Crippen LogP contribution in [-0.4, -0.2) is 30.0 Å².